The van der Waals surface area contributed by atoms with Crippen molar-refractivity contribution in [1.82, 2.24) is 13.7 Å². The number of hydrogen-bond donors (Lipinski definition) is 0. The average Bonchev–Trinajstić information content (AvgIpc) is 4.05. The van der Waals surface area contributed by atoms with E-state index in [-0.39, 0.29) is 5.43 Å². The molecule has 0 amide bonds. The third kappa shape index (κ3) is 4.37. The first kappa shape index (κ1) is 32.6. The molecule has 0 atom stereocenters. The first-order valence-electron chi connectivity index (χ1n) is 20.5. The first-order chi connectivity index (χ1) is 30.2. The maximum atomic E-state index is 14.5. The van der Waals surface area contributed by atoms with Crippen LogP contribution >= 0.6 is 0 Å². The molecule has 5 heterocycles. The molecule has 0 N–H and O–H groups in total. The molecule has 0 bridgehead atoms. The Morgan fingerprint density at radius 1 is 0.295 bits per heavy atom. The molecule has 6 heteroatoms. The third-order valence-corrected chi connectivity index (χ3v) is 12.8. The fraction of sp³-hybridized carbons (Fsp3) is 0. The zero-order valence-corrected chi connectivity index (χ0v) is 32.5. The highest BCUT2D eigenvalue weighted by atomic mass is 16.3. The van der Waals surface area contributed by atoms with Crippen LogP contribution in [0.15, 0.2) is 202 Å². The van der Waals surface area contributed by atoms with Gasteiger partial charge in [0, 0.05) is 60.5 Å². The Kier molecular flexibility index (Phi) is 6.34. The quantitative estimate of drug-likeness (QED) is 0.168. The van der Waals surface area contributed by atoms with E-state index >= 15 is 0 Å². The summed E-state index contributed by atoms with van der Waals surface area (Å²) in [5, 5.41) is 9.84. The number of aromatic nitrogens is 3. The second-order valence-corrected chi connectivity index (χ2v) is 16.0. The summed E-state index contributed by atoms with van der Waals surface area (Å²) in [6.45, 7) is 0. The molecule has 0 spiro atoms. The summed E-state index contributed by atoms with van der Waals surface area (Å²) in [7, 11) is 0. The van der Waals surface area contributed by atoms with Crippen LogP contribution in [0.5, 0.6) is 0 Å². The molecule has 284 valence electrons. The topological polar surface area (TPSA) is 58.1 Å². The summed E-state index contributed by atoms with van der Waals surface area (Å²) < 4.78 is 20.7. The van der Waals surface area contributed by atoms with Crippen LogP contribution in [0.2, 0.25) is 0 Å². The van der Waals surface area contributed by atoms with E-state index in [4.69, 9.17) is 8.83 Å². The molecule has 0 unspecified atom stereocenters. The van der Waals surface area contributed by atoms with Crippen molar-refractivity contribution in [1.29, 1.82) is 0 Å². The van der Waals surface area contributed by atoms with Gasteiger partial charge < -0.3 is 22.5 Å². The van der Waals surface area contributed by atoms with Gasteiger partial charge in [0.2, 0.25) is 5.43 Å². The van der Waals surface area contributed by atoms with Gasteiger partial charge in [0.15, 0.2) is 5.58 Å². The van der Waals surface area contributed by atoms with Gasteiger partial charge in [-0.3, -0.25) is 4.79 Å². The number of furan rings is 1. The molecule has 0 aliphatic rings. The van der Waals surface area contributed by atoms with E-state index in [2.05, 4.69) is 171 Å². The fourth-order valence-electron chi connectivity index (χ4n) is 10.2. The second-order valence-electron chi connectivity index (χ2n) is 16.0. The van der Waals surface area contributed by atoms with Crippen molar-refractivity contribution in [2.75, 3.05) is 0 Å². The van der Waals surface area contributed by atoms with E-state index in [1.165, 1.54) is 21.5 Å². The lowest BCUT2D eigenvalue weighted by atomic mass is 10.1. The van der Waals surface area contributed by atoms with Gasteiger partial charge in [-0.25, -0.2) is 0 Å². The highest BCUT2D eigenvalue weighted by molar-refractivity contribution is 6.16. The number of para-hydroxylation sites is 6. The molecule has 14 rings (SSSR count). The standard InChI is InChI=1S/C55H31N3O3/c59-54-40-26-25-32(56-44-19-7-1-13-34(44)35-14-2-8-20-45(35)56)29-51(40)60-53-30-41-42-27-33(57-46-21-9-3-15-36(46)37-16-4-10-22-47(37)57)28-50(55(42)61-52(41)31-43(53)54)58-48-23-11-5-17-38(48)39-18-6-12-24-49(39)58/h1-31H. The summed E-state index contributed by atoms with van der Waals surface area (Å²) in [5.41, 5.74) is 11.7. The van der Waals surface area contributed by atoms with Gasteiger partial charge >= 0.3 is 0 Å². The zero-order valence-electron chi connectivity index (χ0n) is 32.5. The van der Waals surface area contributed by atoms with E-state index in [0.29, 0.717) is 27.5 Å². The van der Waals surface area contributed by atoms with Gasteiger partial charge in [-0.05, 0) is 72.8 Å². The molecule has 5 aromatic heterocycles. The second kappa shape index (κ2) is 11.9. The van der Waals surface area contributed by atoms with Crippen LogP contribution in [0.25, 0.3) is 126 Å². The molecular weight excluding hydrogens is 751 g/mol. The summed E-state index contributed by atoms with van der Waals surface area (Å²) >= 11 is 0. The Hall–Kier alpha value is -8.35. The van der Waals surface area contributed by atoms with Crippen molar-refractivity contribution in [3.8, 4) is 17.1 Å². The predicted octanol–water partition coefficient (Wildman–Crippen LogP) is 14.1. The van der Waals surface area contributed by atoms with Gasteiger partial charge in [-0.1, -0.05) is 109 Å². The van der Waals surface area contributed by atoms with Crippen molar-refractivity contribution >= 4 is 109 Å². The Labute approximate surface area is 345 Å². The lowest BCUT2D eigenvalue weighted by molar-refractivity contribution is 0.656. The summed E-state index contributed by atoms with van der Waals surface area (Å²) in [6, 6.07) is 65.3. The van der Waals surface area contributed by atoms with Crippen LogP contribution in [0.4, 0.5) is 0 Å². The van der Waals surface area contributed by atoms with Crippen LogP contribution in [-0.2, 0) is 0 Å². The number of rotatable bonds is 3. The molecule has 0 saturated heterocycles. The zero-order chi connectivity index (χ0) is 39.9. The molecule has 0 saturated carbocycles. The number of nitrogens with zero attached hydrogens (tertiary/aromatic N) is 3. The minimum Gasteiger partial charge on any atom is -0.456 e. The van der Waals surface area contributed by atoms with Crippen molar-refractivity contribution in [2.24, 2.45) is 0 Å². The highest BCUT2D eigenvalue weighted by Crippen LogP contribution is 2.42. The Morgan fingerprint density at radius 2 is 0.705 bits per heavy atom. The molecule has 0 radical (unpaired) electrons. The van der Waals surface area contributed by atoms with E-state index in [1.807, 2.05) is 30.3 Å². The summed E-state index contributed by atoms with van der Waals surface area (Å²) in [4.78, 5) is 14.5. The van der Waals surface area contributed by atoms with E-state index in [1.54, 1.807) is 0 Å². The molecule has 0 aliphatic heterocycles. The van der Waals surface area contributed by atoms with Crippen molar-refractivity contribution < 1.29 is 8.83 Å². The van der Waals surface area contributed by atoms with Gasteiger partial charge in [-0.15, -0.1) is 0 Å². The molecule has 0 aliphatic carbocycles. The van der Waals surface area contributed by atoms with E-state index in [0.717, 1.165) is 77.3 Å². The summed E-state index contributed by atoms with van der Waals surface area (Å²) in [5.74, 6) is 0. The predicted molar refractivity (Wildman–Crippen MR) is 250 cm³/mol. The van der Waals surface area contributed by atoms with Crippen LogP contribution < -0.4 is 5.43 Å². The lowest BCUT2D eigenvalue weighted by Crippen LogP contribution is -2.03. The SMILES string of the molecule is O=c1c2ccc(-n3c4ccccc4c4ccccc43)cc2oc2cc3c(cc12)oc1c(-n2c4ccccc4c4ccccc42)cc(-n2c4ccccc4c4ccccc42)cc13. The molecule has 14 aromatic rings. The Balaban J connectivity index is 1.08. The monoisotopic (exact) mass is 781 g/mol. The molecule has 6 nitrogen and oxygen atoms in total. The molecule has 0 fully saturated rings. The highest BCUT2D eigenvalue weighted by Gasteiger charge is 2.23. The van der Waals surface area contributed by atoms with Crippen LogP contribution in [0.3, 0.4) is 0 Å². The van der Waals surface area contributed by atoms with Crippen molar-refractivity contribution in [3.63, 3.8) is 0 Å². The largest absolute Gasteiger partial charge is 0.456 e. The van der Waals surface area contributed by atoms with Gasteiger partial charge in [0.05, 0.1) is 49.6 Å². The summed E-state index contributed by atoms with van der Waals surface area (Å²) in [6.07, 6.45) is 0. The number of benzene rings is 9. The number of hydrogen-bond acceptors (Lipinski definition) is 3. The Morgan fingerprint density at radius 3 is 1.21 bits per heavy atom. The Bertz CT molecular complexity index is 4110. The average molecular weight is 782 g/mol. The van der Waals surface area contributed by atoms with Gasteiger partial charge in [0.1, 0.15) is 16.7 Å². The van der Waals surface area contributed by atoms with Crippen molar-refractivity contribution in [2.45, 2.75) is 0 Å². The maximum Gasteiger partial charge on any atom is 0.200 e. The van der Waals surface area contributed by atoms with Crippen LogP contribution in [0.1, 0.15) is 0 Å². The molecular formula is C55H31N3O3. The van der Waals surface area contributed by atoms with Crippen LogP contribution in [-0.4, -0.2) is 13.7 Å². The van der Waals surface area contributed by atoms with Crippen LogP contribution in [0, 0.1) is 0 Å². The van der Waals surface area contributed by atoms with Gasteiger partial charge in [0.25, 0.3) is 0 Å². The smallest absolute Gasteiger partial charge is 0.200 e. The van der Waals surface area contributed by atoms with E-state index < -0.39 is 0 Å². The fourth-order valence-corrected chi connectivity index (χ4v) is 10.2. The molecule has 9 aromatic carbocycles. The molecule has 61 heavy (non-hydrogen) atoms. The minimum atomic E-state index is -0.0963. The normalized spacial score (nSPS) is 12.3. The lowest BCUT2D eigenvalue weighted by Gasteiger charge is -2.14. The maximum absolute atomic E-state index is 14.5. The van der Waals surface area contributed by atoms with E-state index in [9.17, 15) is 4.79 Å². The third-order valence-electron chi connectivity index (χ3n) is 12.8. The number of fused-ring (bicyclic) bond motifs is 14. The minimum absolute atomic E-state index is 0.0963. The van der Waals surface area contributed by atoms with Gasteiger partial charge in [-0.2, -0.15) is 0 Å². The van der Waals surface area contributed by atoms with Crippen molar-refractivity contribution in [3.05, 3.63) is 198 Å². The first-order valence-corrected chi connectivity index (χ1v) is 20.5.